The molecule has 1 amide bonds. The van der Waals surface area contributed by atoms with E-state index in [1.54, 1.807) is 6.07 Å². The smallest absolute Gasteiger partial charge is 0.258 e. The fraction of sp³-hybridized carbons (Fsp3) is 0.278. The number of amides is 1. The lowest BCUT2D eigenvalue weighted by molar-refractivity contribution is 0.0926. The molecule has 24 heavy (non-hydrogen) atoms. The van der Waals surface area contributed by atoms with Crippen molar-refractivity contribution in [2.24, 2.45) is 0 Å². The van der Waals surface area contributed by atoms with E-state index in [9.17, 15) is 4.79 Å². The number of nitrogens with zero attached hydrogens (tertiary/aromatic N) is 2. The molecule has 4 rings (SSSR count). The SMILES string of the molecule is Cc1cc(C(=O)NC2CCOc3ccccc32)c2c(C)noc2n1. The Morgan fingerprint density at radius 1 is 1.29 bits per heavy atom. The maximum Gasteiger partial charge on any atom is 0.258 e. The third-order valence-corrected chi connectivity index (χ3v) is 4.25. The van der Waals surface area contributed by atoms with Gasteiger partial charge in [-0.15, -0.1) is 0 Å². The number of pyridine rings is 1. The first kappa shape index (κ1) is 14.7. The van der Waals surface area contributed by atoms with Gasteiger partial charge in [-0.2, -0.15) is 0 Å². The zero-order valence-electron chi connectivity index (χ0n) is 13.5. The second-order valence-corrected chi connectivity index (χ2v) is 5.96. The van der Waals surface area contributed by atoms with Crippen LogP contribution in [0.25, 0.3) is 11.1 Å². The van der Waals surface area contributed by atoms with Crippen LogP contribution in [0, 0.1) is 13.8 Å². The van der Waals surface area contributed by atoms with E-state index >= 15 is 0 Å². The van der Waals surface area contributed by atoms with Gasteiger partial charge in [0.15, 0.2) is 0 Å². The van der Waals surface area contributed by atoms with Gasteiger partial charge in [0, 0.05) is 17.7 Å². The molecule has 0 aliphatic carbocycles. The monoisotopic (exact) mass is 323 g/mol. The van der Waals surface area contributed by atoms with Crippen molar-refractivity contribution in [3.05, 3.63) is 52.8 Å². The van der Waals surface area contributed by atoms with Gasteiger partial charge in [-0.1, -0.05) is 23.4 Å². The molecule has 2 aromatic heterocycles. The van der Waals surface area contributed by atoms with Crippen LogP contribution in [-0.4, -0.2) is 22.7 Å². The third kappa shape index (κ3) is 2.40. The molecule has 0 fully saturated rings. The number of benzene rings is 1. The Bertz CT molecular complexity index is 932. The number of carbonyl (C=O) groups is 1. The predicted molar refractivity (Wildman–Crippen MR) is 88.0 cm³/mol. The summed E-state index contributed by atoms with van der Waals surface area (Å²) in [7, 11) is 0. The number of carbonyl (C=O) groups excluding carboxylic acids is 1. The highest BCUT2D eigenvalue weighted by atomic mass is 16.5. The number of ether oxygens (including phenoxy) is 1. The normalized spacial score (nSPS) is 16.5. The Labute approximate surface area is 138 Å². The minimum absolute atomic E-state index is 0.0777. The van der Waals surface area contributed by atoms with Crippen LogP contribution in [0.1, 0.15) is 39.8 Å². The molecule has 6 heteroatoms. The van der Waals surface area contributed by atoms with E-state index in [4.69, 9.17) is 9.26 Å². The first-order chi connectivity index (χ1) is 11.6. The molecule has 1 unspecified atom stereocenters. The van der Waals surface area contributed by atoms with Gasteiger partial charge in [0.05, 0.1) is 29.3 Å². The summed E-state index contributed by atoms with van der Waals surface area (Å²) in [6.07, 6.45) is 0.735. The fourth-order valence-corrected chi connectivity index (χ4v) is 3.12. The van der Waals surface area contributed by atoms with Gasteiger partial charge >= 0.3 is 0 Å². The average molecular weight is 323 g/mol. The van der Waals surface area contributed by atoms with Crippen molar-refractivity contribution in [1.29, 1.82) is 0 Å². The molecule has 1 N–H and O–H groups in total. The first-order valence-corrected chi connectivity index (χ1v) is 7.89. The number of para-hydroxylation sites is 1. The lowest BCUT2D eigenvalue weighted by Crippen LogP contribution is -2.32. The maximum absolute atomic E-state index is 12.9. The largest absolute Gasteiger partial charge is 0.493 e. The highest BCUT2D eigenvalue weighted by Crippen LogP contribution is 2.32. The van der Waals surface area contributed by atoms with E-state index in [0.29, 0.717) is 29.0 Å². The summed E-state index contributed by atoms with van der Waals surface area (Å²) in [5.74, 6) is 0.671. The van der Waals surface area contributed by atoms with E-state index in [1.807, 2.05) is 38.1 Å². The van der Waals surface area contributed by atoms with Crippen molar-refractivity contribution >= 4 is 17.0 Å². The lowest BCUT2D eigenvalue weighted by Gasteiger charge is -2.26. The van der Waals surface area contributed by atoms with Crippen LogP contribution in [0.2, 0.25) is 0 Å². The molecule has 0 spiro atoms. The van der Waals surface area contributed by atoms with Crippen LogP contribution < -0.4 is 10.1 Å². The second kappa shape index (κ2) is 5.63. The van der Waals surface area contributed by atoms with Crippen molar-refractivity contribution in [1.82, 2.24) is 15.5 Å². The van der Waals surface area contributed by atoms with E-state index in [-0.39, 0.29) is 11.9 Å². The fourth-order valence-electron chi connectivity index (χ4n) is 3.12. The number of nitrogens with one attached hydrogen (secondary N) is 1. The van der Waals surface area contributed by atoms with E-state index in [2.05, 4.69) is 15.5 Å². The summed E-state index contributed by atoms with van der Waals surface area (Å²) >= 11 is 0. The van der Waals surface area contributed by atoms with Crippen LogP contribution in [0.15, 0.2) is 34.9 Å². The first-order valence-electron chi connectivity index (χ1n) is 7.89. The molecule has 0 saturated heterocycles. The van der Waals surface area contributed by atoms with Crippen molar-refractivity contribution in [3.63, 3.8) is 0 Å². The quantitative estimate of drug-likeness (QED) is 0.784. The van der Waals surface area contributed by atoms with Crippen LogP contribution in [0.3, 0.4) is 0 Å². The van der Waals surface area contributed by atoms with E-state index < -0.39 is 0 Å². The Morgan fingerprint density at radius 2 is 2.12 bits per heavy atom. The molecule has 0 saturated carbocycles. The zero-order valence-corrected chi connectivity index (χ0v) is 13.5. The molecule has 0 bridgehead atoms. The molecule has 1 aliphatic heterocycles. The molecule has 0 radical (unpaired) electrons. The van der Waals surface area contributed by atoms with Crippen molar-refractivity contribution in [2.75, 3.05) is 6.61 Å². The lowest BCUT2D eigenvalue weighted by atomic mass is 9.99. The van der Waals surface area contributed by atoms with Crippen molar-refractivity contribution in [3.8, 4) is 5.75 Å². The molecule has 6 nitrogen and oxygen atoms in total. The van der Waals surface area contributed by atoms with Gasteiger partial charge in [-0.25, -0.2) is 4.98 Å². The zero-order chi connectivity index (χ0) is 16.7. The van der Waals surface area contributed by atoms with Gasteiger partial charge < -0.3 is 14.6 Å². The van der Waals surface area contributed by atoms with Gasteiger partial charge in [-0.05, 0) is 26.0 Å². The second-order valence-electron chi connectivity index (χ2n) is 5.96. The van der Waals surface area contributed by atoms with Crippen molar-refractivity contribution < 1.29 is 14.1 Å². The molecule has 122 valence electrons. The maximum atomic E-state index is 12.9. The Balaban J connectivity index is 1.70. The van der Waals surface area contributed by atoms with Crippen molar-refractivity contribution in [2.45, 2.75) is 26.3 Å². The summed E-state index contributed by atoms with van der Waals surface area (Å²) in [6.45, 7) is 4.22. The Kier molecular flexibility index (Phi) is 3.45. The molecular formula is C18H17N3O3. The standard InChI is InChI=1S/C18H17N3O3/c1-10-9-13(16-11(2)21-24-18(16)19-10)17(22)20-14-7-8-23-15-6-4-3-5-12(14)15/h3-6,9,14H,7-8H2,1-2H3,(H,20,22). The highest BCUT2D eigenvalue weighted by molar-refractivity contribution is 6.06. The Hall–Kier alpha value is -2.89. The molecule has 3 aromatic rings. The van der Waals surface area contributed by atoms with Gasteiger partial charge in [0.25, 0.3) is 11.6 Å². The van der Waals surface area contributed by atoms with E-state index in [1.165, 1.54) is 0 Å². The van der Waals surface area contributed by atoms with E-state index in [0.717, 1.165) is 23.4 Å². The molecule has 1 aliphatic rings. The molecular weight excluding hydrogens is 306 g/mol. The summed E-state index contributed by atoms with van der Waals surface area (Å²) in [5.41, 5.74) is 3.32. The summed E-state index contributed by atoms with van der Waals surface area (Å²) in [4.78, 5) is 17.2. The van der Waals surface area contributed by atoms with Gasteiger partial charge in [0.1, 0.15) is 5.75 Å². The number of aryl methyl sites for hydroxylation is 2. The van der Waals surface area contributed by atoms with Crippen LogP contribution in [0.5, 0.6) is 5.75 Å². The molecule has 3 heterocycles. The summed E-state index contributed by atoms with van der Waals surface area (Å²) in [6, 6.07) is 9.48. The highest BCUT2D eigenvalue weighted by Gasteiger charge is 2.25. The third-order valence-electron chi connectivity index (χ3n) is 4.25. The number of aromatic nitrogens is 2. The van der Waals surface area contributed by atoms with Crippen LogP contribution in [-0.2, 0) is 0 Å². The minimum atomic E-state index is -0.154. The number of rotatable bonds is 2. The summed E-state index contributed by atoms with van der Waals surface area (Å²) < 4.78 is 10.9. The number of hydrogen-bond acceptors (Lipinski definition) is 5. The van der Waals surface area contributed by atoms with Crippen LogP contribution >= 0.6 is 0 Å². The topological polar surface area (TPSA) is 77.2 Å². The number of fused-ring (bicyclic) bond motifs is 2. The number of hydrogen-bond donors (Lipinski definition) is 1. The summed E-state index contributed by atoms with van der Waals surface area (Å²) in [5, 5.41) is 7.70. The van der Waals surface area contributed by atoms with Crippen LogP contribution in [0.4, 0.5) is 0 Å². The Morgan fingerprint density at radius 3 is 3.00 bits per heavy atom. The average Bonchev–Trinajstić information content (AvgIpc) is 2.95. The predicted octanol–water partition coefficient (Wildman–Crippen LogP) is 3.09. The van der Waals surface area contributed by atoms with Gasteiger partial charge in [0.2, 0.25) is 0 Å². The molecule has 1 atom stereocenters. The molecule has 1 aromatic carbocycles. The minimum Gasteiger partial charge on any atom is -0.493 e. The van der Waals surface area contributed by atoms with Gasteiger partial charge in [-0.3, -0.25) is 4.79 Å².